The number of nitrogens with one attached hydrogen (secondary N) is 1. The normalized spacial score (nSPS) is 10.0. The number of hydrogen-bond acceptors (Lipinski definition) is 6. The first-order valence-electron chi connectivity index (χ1n) is 5.82. The van der Waals surface area contributed by atoms with Gasteiger partial charge in [-0.25, -0.2) is 10.8 Å². The van der Waals surface area contributed by atoms with Gasteiger partial charge in [-0.3, -0.25) is 9.78 Å². The van der Waals surface area contributed by atoms with Crippen LogP contribution >= 0.6 is 0 Å². The Morgan fingerprint density at radius 3 is 2.72 bits per heavy atom. The Kier molecular flexibility index (Phi) is 5.31. The molecule has 18 heavy (non-hydrogen) atoms. The van der Waals surface area contributed by atoms with Gasteiger partial charge < -0.3 is 15.2 Å². The molecule has 100 valence electrons. The average Bonchev–Trinajstić information content (AvgIpc) is 2.38. The predicted octanol–water partition coefficient (Wildman–Crippen LogP) is 0.0668. The van der Waals surface area contributed by atoms with Crippen LogP contribution in [0.3, 0.4) is 0 Å². The summed E-state index contributed by atoms with van der Waals surface area (Å²) in [7, 11) is 3.46. The Balaban J connectivity index is 2.85. The van der Waals surface area contributed by atoms with Gasteiger partial charge in [0.1, 0.15) is 5.82 Å². The highest BCUT2D eigenvalue weighted by atomic mass is 16.2. The molecule has 3 N–H and O–H groups in total. The third kappa shape index (κ3) is 3.85. The average molecular weight is 252 g/mol. The molecule has 0 spiro atoms. The Morgan fingerprint density at radius 2 is 2.17 bits per heavy atom. The summed E-state index contributed by atoms with van der Waals surface area (Å²) in [5, 5.41) is 0. The van der Waals surface area contributed by atoms with Crippen LogP contribution in [0.4, 0.5) is 11.6 Å². The van der Waals surface area contributed by atoms with Crippen molar-refractivity contribution in [3.05, 3.63) is 12.4 Å². The molecule has 0 aliphatic rings. The summed E-state index contributed by atoms with van der Waals surface area (Å²) in [4.78, 5) is 23.5. The number of nitrogen functional groups attached to an aromatic ring is 1. The molecule has 0 saturated carbocycles. The van der Waals surface area contributed by atoms with Crippen LogP contribution < -0.4 is 16.2 Å². The Bertz CT molecular complexity index is 395. The molecule has 0 aromatic carbocycles. The number of aromatic nitrogens is 2. The van der Waals surface area contributed by atoms with Gasteiger partial charge in [-0.15, -0.1) is 0 Å². The lowest BCUT2D eigenvalue weighted by molar-refractivity contribution is -0.127. The molecule has 7 heteroatoms. The molecule has 0 bridgehead atoms. The minimum Gasteiger partial charge on any atom is -0.347 e. The zero-order valence-electron chi connectivity index (χ0n) is 11.1. The van der Waals surface area contributed by atoms with Crippen molar-refractivity contribution in [3.8, 4) is 0 Å². The number of amides is 1. The maximum Gasteiger partial charge on any atom is 0.241 e. The van der Waals surface area contributed by atoms with Crippen molar-refractivity contribution in [3.63, 3.8) is 0 Å². The summed E-state index contributed by atoms with van der Waals surface area (Å²) in [5.74, 6) is 6.44. The molecule has 1 rings (SSSR count). The Morgan fingerprint density at radius 1 is 1.44 bits per heavy atom. The number of anilines is 2. The monoisotopic (exact) mass is 252 g/mol. The highest BCUT2D eigenvalue weighted by Crippen LogP contribution is 2.12. The van der Waals surface area contributed by atoms with E-state index in [0.717, 1.165) is 13.0 Å². The molecule has 1 aromatic rings. The van der Waals surface area contributed by atoms with E-state index in [1.165, 1.54) is 6.20 Å². The van der Waals surface area contributed by atoms with Crippen molar-refractivity contribution in [2.75, 3.05) is 37.5 Å². The standard InChI is InChI=1S/C11H20N6O/c1-4-5-17(8-11(18)16(2)3)10-7-13-6-9(14-10)15-12/h6-7H,4-5,8,12H2,1-3H3,(H,14,15). The second kappa shape index (κ2) is 6.75. The van der Waals surface area contributed by atoms with E-state index in [2.05, 4.69) is 15.4 Å². The first-order chi connectivity index (χ1) is 8.58. The highest BCUT2D eigenvalue weighted by molar-refractivity contribution is 5.80. The fourth-order valence-corrected chi connectivity index (χ4v) is 1.43. The van der Waals surface area contributed by atoms with Gasteiger partial charge in [-0.2, -0.15) is 0 Å². The number of nitrogens with two attached hydrogens (primary N) is 1. The SMILES string of the molecule is CCCN(CC(=O)N(C)C)c1cncc(NN)n1. The third-order valence-electron chi connectivity index (χ3n) is 2.41. The van der Waals surface area contributed by atoms with Gasteiger partial charge in [0.05, 0.1) is 18.9 Å². The third-order valence-corrected chi connectivity index (χ3v) is 2.41. The lowest BCUT2D eigenvalue weighted by Crippen LogP contribution is -2.37. The number of carbonyl (C=O) groups excluding carboxylic acids is 1. The molecule has 7 nitrogen and oxygen atoms in total. The smallest absolute Gasteiger partial charge is 0.241 e. The number of hydrazine groups is 1. The van der Waals surface area contributed by atoms with E-state index in [1.807, 2.05) is 11.8 Å². The van der Waals surface area contributed by atoms with Crippen LogP contribution in [0.2, 0.25) is 0 Å². The van der Waals surface area contributed by atoms with Crippen molar-refractivity contribution in [2.24, 2.45) is 5.84 Å². The summed E-state index contributed by atoms with van der Waals surface area (Å²) in [6.07, 6.45) is 4.07. The fraction of sp³-hybridized carbons (Fsp3) is 0.545. The molecule has 1 amide bonds. The summed E-state index contributed by atoms with van der Waals surface area (Å²) in [6.45, 7) is 3.07. The number of hydrogen-bond donors (Lipinski definition) is 2. The molecular formula is C11H20N6O. The van der Waals surface area contributed by atoms with Gasteiger partial charge in [-0.1, -0.05) is 6.92 Å². The quantitative estimate of drug-likeness (QED) is 0.550. The molecule has 0 fully saturated rings. The summed E-state index contributed by atoms with van der Waals surface area (Å²) in [5.41, 5.74) is 2.44. The first-order valence-corrected chi connectivity index (χ1v) is 5.82. The van der Waals surface area contributed by atoms with Crippen molar-refractivity contribution in [2.45, 2.75) is 13.3 Å². The van der Waals surface area contributed by atoms with Crippen molar-refractivity contribution in [1.29, 1.82) is 0 Å². The van der Waals surface area contributed by atoms with E-state index in [-0.39, 0.29) is 12.5 Å². The van der Waals surface area contributed by atoms with Crippen LogP contribution in [0.25, 0.3) is 0 Å². The van der Waals surface area contributed by atoms with Gasteiger partial charge in [-0.05, 0) is 6.42 Å². The van der Waals surface area contributed by atoms with Crippen LogP contribution in [-0.2, 0) is 4.79 Å². The van der Waals surface area contributed by atoms with E-state index in [4.69, 9.17) is 5.84 Å². The second-order valence-corrected chi connectivity index (χ2v) is 4.12. The lowest BCUT2D eigenvalue weighted by Gasteiger charge is -2.24. The summed E-state index contributed by atoms with van der Waals surface area (Å²) < 4.78 is 0. The molecule has 0 saturated heterocycles. The number of nitrogens with zero attached hydrogens (tertiary/aromatic N) is 4. The fourth-order valence-electron chi connectivity index (χ4n) is 1.43. The van der Waals surface area contributed by atoms with Crippen molar-refractivity contribution >= 4 is 17.5 Å². The van der Waals surface area contributed by atoms with Gasteiger partial charge >= 0.3 is 0 Å². The minimum absolute atomic E-state index is 0.0244. The molecule has 0 unspecified atom stereocenters. The first kappa shape index (κ1) is 14.2. The van der Waals surface area contributed by atoms with Crippen LogP contribution in [0.1, 0.15) is 13.3 Å². The maximum absolute atomic E-state index is 11.8. The minimum atomic E-state index is 0.0244. The Labute approximate surface area is 107 Å². The van der Waals surface area contributed by atoms with Gasteiger partial charge in [0, 0.05) is 20.6 Å². The van der Waals surface area contributed by atoms with E-state index < -0.39 is 0 Å². The predicted molar refractivity (Wildman–Crippen MR) is 71.0 cm³/mol. The maximum atomic E-state index is 11.8. The van der Waals surface area contributed by atoms with Crippen LogP contribution in [0.15, 0.2) is 12.4 Å². The van der Waals surface area contributed by atoms with Crippen molar-refractivity contribution < 1.29 is 4.79 Å². The molecule has 0 radical (unpaired) electrons. The summed E-state index contributed by atoms with van der Waals surface area (Å²) >= 11 is 0. The lowest BCUT2D eigenvalue weighted by atomic mass is 10.3. The zero-order chi connectivity index (χ0) is 13.5. The largest absolute Gasteiger partial charge is 0.347 e. The molecule has 1 aromatic heterocycles. The van der Waals surface area contributed by atoms with Crippen molar-refractivity contribution in [1.82, 2.24) is 14.9 Å². The molecular weight excluding hydrogens is 232 g/mol. The number of rotatable bonds is 6. The van der Waals surface area contributed by atoms with Gasteiger partial charge in [0.15, 0.2) is 5.82 Å². The van der Waals surface area contributed by atoms with E-state index in [9.17, 15) is 4.79 Å². The molecule has 1 heterocycles. The highest BCUT2D eigenvalue weighted by Gasteiger charge is 2.14. The van der Waals surface area contributed by atoms with E-state index in [0.29, 0.717) is 11.6 Å². The van der Waals surface area contributed by atoms with Crippen LogP contribution in [0.5, 0.6) is 0 Å². The zero-order valence-corrected chi connectivity index (χ0v) is 11.1. The second-order valence-electron chi connectivity index (χ2n) is 4.12. The summed E-state index contributed by atoms with van der Waals surface area (Å²) in [6, 6.07) is 0. The van der Waals surface area contributed by atoms with Gasteiger partial charge in [0.25, 0.3) is 0 Å². The van der Waals surface area contributed by atoms with Crippen LogP contribution in [-0.4, -0.2) is 48.0 Å². The van der Waals surface area contributed by atoms with E-state index >= 15 is 0 Å². The number of carbonyl (C=O) groups is 1. The molecule has 0 aliphatic carbocycles. The Hall–Kier alpha value is -1.89. The van der Waals surface area contributed by atoms with Gasteiger partial charge in [0.2, 0.25) is 5.91 Å². The molecule has 0 aliphatic heterocycles. The van der Waals surface area contributed by atoms with Crippen LogP contribution in [0, 0.1) is 0 Å². The van der Waals surface area contributed by atoms with E-state index in [1.54, 1.807) is 25.2 Å². The number of likely N-dealkylation sites (N-methyl/N-ethyl adjacent to an activating group) is 1. The molecule has 0 atom stereocenters. The topological polar surface area (TPSA) is 87.4 Å².